The smallest absolute Gasteiger partial charge is 0.370 e. The number of aliphatic hydroxyl groups is 3. The van der Waals surface area contributed by atoms with E-state index in [0.29, 0.717) is 6.08 Å². The molecular formula is C5H8O5. The monoisotopic (exact) mass is 148 g/mol. The van der Waals surface area contributed by atoms with Gasteiger partial charge in [-0.05, 0) is 6.08 Å². The van der Waals surface area contributed by atoms with Gasteiger partial charge in [0.15, 0.2) is 5.76 Å². The zero-order chi connectivity index (χ0) is 8.15. The van der Waals surface area contributed by atoms with Crippen LogP contribution in [-0.4, -0.2) is 39.1 Å². The first-order chi connectivity index (χ1) is 4.57. The Kier molecular flexibility index (Phi) is 3.45. The molecule has 58 valence electrons. The first-order valence-corrected chi connectivity index (χ1v) is 2.51. The number of hydrogen-bond donors (Lipinski definition) is 4. The number of carboxylic acid groups (broad SMARTS) is 1. The van der Waals surface area contributed by atoms with Crippen molar-refractivity contribution in [2.24, 2.45) is 0 Å². The number of aliphatic carboxylic acids is 1. The van der Waals surface area contributed by atoms with Gasteiger partial charge in [0.1, 0.15) is 0 Å². The molecule has 0 aromatic rings. The van der Waals surface area contributed by atoms with Gasteiger partial charge in [0.2, 0.25) is 0 Å². The lowest BCUT2D eigenvalue weighted by Crippen LogP contribution is -2.11. The number of carbonyl (C=O) groups is 1. The number of carboxylic acids is 1. The Labute approximate surface area is 56.8 Å². The minimum absolute atomic E-state index is 0.614. The molecule has 0 rings (SSSR count). The van der Waals surface area contributed by atoms with Gasteiger partial charge in [0.25, 0.3) is 0 Å². The van der Waals surface area contributed by atoms with E-state index >= 15 is 0 Å². The molecule has 5 heteroatoms. The second-order valence-electron chi connectivity index (χ2n) is 1.61. The Balaban J connectivity index is 4.02. The molecular weight excluding hydrogens is 140 g/mol. The van der Waals surface area contributed by atoms with Gasteiger partial charge < -0.3 is 20.4 Å². The summed E-state index contributed by atoms with van der Waals surface area (Å²) < 4.78 is 0. The van der Waals surface area contributed by atoms with E-state index in [-0.39, 0.29) is 0 Å². The Hall–Kier alpha value is -1.07. The number of aliphatic hydroxyl groups excluding tert-OH is 3. The summed E-state index contributed by atoms with van der Waals surface area (Å²) >= 11 is 0. The summed E-state index contributed by atoms with van der Waals surface area (Å²) in [5.41, 5.74) is 0. The zero-order valence-electron chi connectivity index (χ0n) is 5.06. The number of hydrogen-bond acceptors (Lipinski definition) is 4. The molecule has 1 atom stereocenters. The fourth-order valence-corrected chi connectivity index (χ4v) is 0.306. The maximum atomic E-state index is 9.84. The lowest BCUT2D eigenvalue weighted by Gasteiger charge is -1.98. The topological polar surface area (TPSA) is 98.0 Å². The van der Waals surface area contributed by atoms with E-state index < -0.39 is 24.4 Å². The molecule has 0 aromatic carbocycles. The third kappa shape index (κ3) is 3.06. The van der Waals surface area contributed by atoms with E-state index in [1.165, 1.54) is 0 Å². The third-order valence-corrected chi connectivity index (χ3v) is 0.756. The van der Waals surface area contributed by atoms with E-state index in [0.717, 1.165) is 0 Å². The van der Waals surface area contributed by atoms with Crippen LogP contribution in [0.4, 0.5) is 0 Å². The fraction of sp³-hybridized carbons (Fsp3) is 0.400. The molecule has 0 aliphatic carbocycles. The van der Waals surface area contributed by atoms with Gasteiger partial charge >= 0.3 is 5.97 Å². The van der Waals surface area contributed by atoms with Crippen molar-refractivity contribution < 1.29 is 25.2 Å². The van der Waals surface area contributed by atoms with E-state index in [9.17, 15) is 4.79 Å². The molecule has 4 N–H and O–H groups in total. The standard InChI is InChI=1S/C5H8O5/c6-2-3(7)1-4(8)5(9)10/h1,3,6-8H,2H2,(H,9,10). The van der Waals surface area contributed by atoms with Gasteiger partial charge in [-0.2, -0.15) is 0 Å². The van der Waals surface area contributed by atoms with Gasteiger partial charge in [0, 0.05) is 0 Å². The maximum Gasteiger partial charge on any atom is 0.370 e. The average Bonchev–Trinajstić information content (AvgIpc) is 1.87. The van der Waals surface area contributed by atoms with Crippen molar-refractivity contribution in [2.45, 2.75) is 6.10 Å². The summed E-state index contributed by atoms with van der Waals surface area (Å²) in [5, 5.41) is 33.1. The van der Waals surface area contributed by atoms with Crippen molar-refractivity contribution in [1.82, 2.24) is 0 Å². The fourth-order valence-electron chi connectivity index (χ4n) is 0.306. The van der Waals surface area contributed by atoms with Crippen LogP contribution in [0.5, 0.6) is 0 Å². The van der Waals surface area contributed by atoms with Gasteiger partial charge in [-0.15, -0.1) is 0 Å². The van der Waals surface area contributed by atoms with Crippen LogP contribution in [0.3, 0.4) is 0 Å². The van der Waals surface area contributed by atoms with Crippen LogP contribution in [-0.2, 0) is 4.79 Å². The van der Waals surface area contributed by atoms with E-state index in [4.69, 9.17) is 20.4 Å². The molecule has 0 spiro atoms. The molecule has 0 saturated carbocycles. The van der Waals surface area contributed by atoms with Crippen LogP contribution in [0.15, 0.2) is 11.8 Å². The second-order valence-corrected chi connectivity index (χ2v) is 1.61. The van der Waals surface area contributed by atoms with Crippen LogP contribution in [0, 0.1) is 0 Å². The van der Waals surface area contributed by atoms with E-state index in [1.807, 2.05) is 0 Å². The molecule has 0 radical (unpaired) electrons. The summed E-state index contributed by atoms with van der Waals surface area (Å²) in [7, 11) is 0. The summed E-state index contributed by atoms with van der Waals surface area (Å²) in [5.74, 6) is -2.51. The molecule has 0 saturated heterocycles. The largest absolute Gasteiger partial charge is 0.502 e. The summed E-state index contributed by atoms with van der Waals surface area (Å²) in [6, 6.07) is 0. The second kappa shape index (κ2) is 3.86. The van der Waals surface area contributed by atoms with Gasteiger partial charge in [-0.3, -0.25) is 0 Å². The lowest BCUT2D eigenvalue weighted by molar-refractivity contribution is -0.135. The Bertz CT molecular complexity index is 150. The molecule has 1 unspecified atom stereocenters. The first kappa shape index (κ1) is 8.93. The highest BCUT2D eigenvalue weighted by molar-refractivity contribution is 5.83. The Morgan fingerprint density at radius 2 is 2.00 bits per heavy atom. The zero-order valence-corrected chi connectivity index (χ0v) is 5.06. The van der Waals surface area contributed by atoms with Crippen LogP contribution >= 0.6 is 0 Å². The minimum atomic E-state index is -1.53. The van der Waals surface area contributed by atoms with Crippen molar-refractivity contribution in [2.75, 3.05) is 6.61 Å². The minimum Gasteiger partial charge on any atom is -0.502 e. The first-order valence-electron chi connectivity index (χ1n) is 2.51. The molecule has 10 heavy (non-hydrogen) atoms. The van der Waals surface area contributed by atoms with Gasteiger partial charge in [-0.25, -0.2) is 4.79 Å². The molecule has 5 nitrogen and oxygen atoms in total. The van der Waals surface area contributed by atoms with Crippen molar-refractivity contribution in [3.63, 3.8) is 0 Å². The molecule has 0 heterocycles. The third-order valence-electron chi connectivity index (χ3n) is 0.756. The van der Waals surface area contributed by atoms with Crippen molar-refractivity contribution >= 4 is 5.97 Å². The van der Waals surface area contributed by atoms with Crippen LogP contribution < -0.4 is 0 Å². The SMILES string of the molecule is O=C(O)C(O)=CC(O)CO. The highest BCUT2D eigenvalue weighted by atomic mass is 16.4. The lowest BCUT2D eigenvalue weighted by atomic mass is 10.3. The predicted octanol–water partition coefficient (Wildman–Crippen LogP) is -1.13. The molecule has 0 aliphatic heterocycles. The highest BCUT2D eigenvalue weighted by Gasteiger charge is 2.06. The van der Waals surface area contributed by atoms with Crippen molar-refractivity contribution in [1.29, 1.82) is 0 Å². The van der Waals surface area contributed by atoms with Crippen LogP contribution in [0.2, 0.25) is 0 Å². The summed E-state index contributed by atoms with van der Waals surface area (Å²) in [6.45, 7) is -0.614. The summed E-state index contributed by atoms with van der Waals surface area (Å²) in [6.07, 6.45) is -0.682. The Morgan fingerprint density at radius 1 is 1.50 bits per heavy atom. The molecule has 0 aromatic heterocycles. The molecule has 0 amide bonds. The quantitative estimate of drug-likeness (QED) is 0.300. The van der Waals surface area contributed by atoms with Crippen molar-refractivity contribution in [3.05, 3.63) is 11.8 Å². The predicted molar refractivity (Wildman–Crippen MR) is 31.4 cm³/mol. The van der Waals surface area contributed by atoms with Crippen LogP contribution in [0.25, 0.3) is 0 Å². The molecule has 0 aliphatic rings. The average molecular weight is 148 g/mol. The van der Waals surface area contributed by atoms with E-state index in [2.05, 4.69) is 0 Å². The highest BCUT2D eigenvalue weighted by Crippen LogP contribution is 1.91. The number of rotatable bonds is 3. The molecule has 0 bridgehead atoms. The van der Waals surface area contributed by atoms with Crippen LogP contribution in [0.1, 0.15) is 0 Å². The van der Waals surface area contributed by atoms with E-state index in [1.54, 1.807) is 0 Å². The van der Waals surface area contributed by atoms with Gasteiger partial charge in [0.05, 0.1) is 12.7 Å². The Morgan fingerprint density at radius 3 is 2.30 bits per heavy atom. The summed E-state index contributed by atoms with van der Waals surface area (Å²) in [4.78, 5) is 9.84. The molecule has 0 fully saturated rings. The van der Waals surface area contributed by atoms with Gasteiger partial charge in [-0.1, -0.05) is 0 Å². The van der Waals surface area contributed by atoms with Crippen molar-refractivity contribution in [3.8, 4) is 0 Å². The normalized spacial score (nSPS) is 14.8. The maximum absolute atomic E-state index is 9.84.